The van der Waals surface area contributed by atoms with Crippen LogP contribution in [0, 0.1) is 0 Å². The third-order valence-corrected chi connectivity index (χ3v) is 7.67. The lowest BCUT2D eigenvalue weighted by Gasteiger charge is -2.16. The fourth-order valence-corrected chi connectivity index (χ4v) is 5.27. The van der Waals surface area contributed by atoms with Crippen molar-refractivity contribution in [3.05, 3.63) is 98.9 Å². The number of nitrogens with zero attached hydrogens (tertiary/aromatic N) is 1. The van der Waals surface area contributed by atoms with Gasteiger partial charge in [-0.15, -0.1) is 6.58 Å². The van der Waals surface area contributed by atoms with E-state index in [0.717, 1.165) is 27.8 Å². The van der Waals surface area contributed by atoms with Gasteiger partial charge in [0.25, 0.3) is 11.1 Å². The van der Waals surface area contributed by atoms with Crippen molar-refractivity contribution in [3.63, 3.8) is 0 Å². The van der Waals surface area contributed by atoms with Crippen molar-refractivity contribution in [3.8, 4) is 17.2 Å². The lowest BCUT2D eigenvalue weighted by molar-refractivity contribution is -0.127. The Labute approximate surface area is 258 Å². The first-order chi connectivity index (χ1) is 20.2. The number of carbonyl (C=O) groups is 3. The SMILES string of the molecule is C=CCc1cc(/C=C2/SC(=O)N(CC(=O)Nc3ccc(OCC)cc3)C2=O)cc(OC)c1OCc1ccc(Cl)c(Cl)c1. The molecule has 8 nitrogen and oxygen atoms in total. The molecule has 1 fully saturated rings. The molecule has 0 spiro atoms. The monoisotopic (exact) mass is 626 g/mol. The zero-order valence-corrected chi connectivity index (χ0v) is 25.3. The zero-order valence-electron chi connectivity index (χ0n) is 22.9. The lowest BCUT2D eigenvalue weighted by Crippen LogP contribution is -2.36. The number of rotatable bonds is 12. The molecule has 1 saturated heterocycles. The Morgan fingerprint density at radius 1 is 1.05 bits per heavy atom. The van der Waals surface area contributed by atoms with E-state index in [9.17, 15) is 14.4 Å². The van der Waals surface area contributed by atoms with Crippen LogP contribution in [0.1, 0.15) is 23.6 Å². The van der Waals surface area contributed by atoms with E-state index in [-0.39, 0.29) is 11.5 Å². The maximum Gasteiger partial charge on any atom is 0.294 e. The second-order valence-corrected chi connectivity index (χ2v) is 10.8. The summed E-state index contributed by atoms with van der Waals surface area (Å²) in [7, 11) is 1.51. The van der Waals surface area contributed by atoms with Gasteiger partial charge in [0.15, 0.2) is 11.5 Å². The Kier molecular flexibility index (Phi) is 10.6. The Bertz CT molecular complexity index is 1540. The van der Waals surface area contributed by atoms with E-state index in [1.54, 1.807) is 54.6 Å². The highest BCUT2D eigenvalue weighted by molar-refractivity contribution is 8.18. The number of hydrogen-bond donors (Lipinski definition) is 1. The average molecular weight is 628 g/mol. The molecule has 0 atom stereocenters. The van der Waals surface area contributed by atoms with Gasteiger partial charge < -0.3 is 19.5 Å². The van der Waals surface area contributed by atoms with E-state index in [1.165, 1.54) is 7.11 Å². The predicted octanol–water partition coefficient (Wildman–Crippen LogP) is 7.38. The molecule has 42 heavy (non-hydrogen) atoms. The van der Waals surface area contributed by atoms with Crippen molar-refractivity contribution in [2.24, 2.45) is 0 Å². The van der Waals surface area contributed by atoms with Crippen LogP contribution in [-0.4, -0.2) is 42.2 Å². The van der Waals surface area contributed by atoms with Gasteiger partial charge in [-0.25, -0.2) is 0 Å². The highest BCUT2D eigenvalue weighted by atomic mass is 35.5. The molecule has 3 aromatic rings. The molecule has 1 aliphatic rings. The number of hydrogen-bond acceptors (Lipinski definition) is 7. The first-order valence-electron chi connectivity index (χ1n) is 12.9. The number of ether oxygens (including phenoxy) is 3. The molecule has 0 aromatic heterocycles. The molecule has 3 amide bonds. The van der Waals surface area contributed by atoms with Gasteiger partial charge >= 0.3 is 0 Å². The second kappa shape index (κ2) is 14.3. The number of benzene rings is 3. The van der Waals surface area contributed by atoms with E-state index >= 15 is 0 Å². The van der Waals surface area contributed by atoms with Gasteiger partial charge in [-0.1, -0.05) is 35.3 Å². The van der Waals surface area contributed by atoms with Crippen LogP contribution in [0.3, 0.4) is 0 Å². The lowest BCUT2D eigenvalue weighted by atomic mass is 10.0. The number of anilines is 1. The minimum Gasteiger partial charge on any atom is -0.494 e. The number of halogens is 2. The topological polar surface area (TPSA) is 94.2 Å². The van der Waals surface area contributed by atoms with E-state index < -0.39 is 23.6 Å². The van der Waals surface area contributed by atoms with E-state index in [2.05, 4.69) is 11.9 Å². The highest BCUT2D eigenvalue weighted by Gasteiger charge is 2.36. The number of nitrogens with one attached hydrogen (secondary N) is 1. The van der Waals surface area contributed by atoms with Gasteiger partial charge in [-0.3, -0.25) is 19.3 Å². The quantitative estimate of drug-likeness (QED) is 0.165. The van der Waals surface area contributed by atoms with Crippen LogP contribution in [0.25, 0.3) is 6.08 Å². The third-order valence-electron chi connectivity index (χ3n) is 6.03. The standard InChI is InChI=1S/C31H28Cl2N2O6S/c1-4-6-21-13-20(15-26(39-3)29(21)41-18-19-7-12-24(32)25(33)14-19)16-27-30(37)35(31(38)42-27)17-28(36)34-22-8-10-23(11-9-22)40-5-2/h4,7-16H,1,5-6,17-18H2,2-3H3,(H,34,36)/b27-16+. The molecule has 0 radical (unpaired) electrons. The molecule has 1 N–H and O–H groups in total. The van der Waals surface area contributed by atoms with E-state index in [4.69, 9.17) is 37.4 Å². The maximum atomic E-state index is 13.1. The van der Waals surface area contributed by atoms with Gasteiger partial charge in [0.1, 0.15) is 18.9 Å². The summed E-state index contributed by atoms with van der Waals surface area (Å²) in [4.78, 5) is 39.5. The number of carbonyl (C=O) groups excluding carboxylic acids is 3. The van der Waals surface area contributed by atoms with Crippen LogP contribution in [0.15, 0.2) is 72.2 Å². The van der Waals surface area contributed by atoms with Crippen molar-refractivity contribution >= 4 is 63.8 Å². The molecule has 0 bridgehead atoms. The summed E-state index contributed by atoms with van der Waals surface area (Å²) >= 11 is 12.9. The minimum absolute atomic E-state index is 0.185. The fraction of sp³-hybridized carbons (Fsp3) is 0.194. The van der Waals surface area contributed by atoms with E-state index in [0.29, 0.717) is 51.6 Å². The van der Waals surface area contributed by atoms with E-state index in [1.807, 2.05) is 19.1 Å². The highest BCUT2D eigenvalue weighted by Crippen LogP contribution is 2.38. The van der Waals surface area contributed by atoms with Gasteiger partial charge in [0.2, 0.25) is 5.91 Å². The average Bonchev–Trinajstić information content (AvgIpc) is 3.22. The van der Waals surface area contributed by atoms with Gasteiger partial charge in [-0.2, -0.15) is 0 Å². The van der Waals surface area contributed by atoms with Crippen molar-refractivity contribution < 1.29 is 28.6 Å². The summed E-state index contributed by atoms with van der Waals surface area (Å²) in [6.07, 6.45) is 3.77. The third kappa shape index (κ3) is 7.67. The van der Waals surface area contributed by atoms with Crippen LogP contribution in [0.4, 0.5) is 10.5 Å². The normalized spacial score (nSPS) is 13.8. The number of methoxy groups -OCH3 is 1. The molecule has 1 aliphatic heterocycles. The van der Waals surface area contributed by atoms with Crippen LogP contribution in [0.2, 0.25) is 10.0 Å². The van der Waals surface area contributed by atoms with Gasteiger partial charge in [0, 0.05) is 11.3 Å². The summed E-state index contributed by atoms with van der Waals surface area (Å²) in [6.45, 7) is 6.03. The fourth-order valence-electron chi connectivity index (χ4n) is 4.11. The van der Waals surface area contributed by atoms with Crippen LogP contribution in [0.5, 0.6) is 17.2 Å². The maximum absolute atomic E-state index is 13.1. The van der Waals surface area contributed by atoms with Crippen molar-refractivity contribution in [1.82, 2.24) is 4.90 Å². The zero-order chi connectivity index (χ0) is 30.2. The van der Waals surface area contributed by atoms with Gasteiger partial charge in [0.05, 0.1) is 28.7 Å². The minimum atomic E-state index is -0.559. The second-order valence-electron chi connectivity index (χ2n) is 9.01. The Morgan fingerprint density at radius 2 is 1.81 bits per heavy atom. The summed E-state index contributed by atoms with van der Waals surface area (Å²) in [5.41, 5.74) is 2.73. The molecule has 3 aromatic carbocycles. The van der Waals surface area contributed by atoms with Crippen molar-refractivity contribution in [2.75, 3.05) is 25.6 Å². The Balaban J connectivity index is 1.49. The first kappa shape index (κ1) is 31.0. The first-order valence-corrected chi connectivity index (χ1v) is 14.5. The number of thioether (sulfide) groups is 1. The van der Waals surface area contributed by atoms with Gasteiger partial charge in [-0.05, 0) is 90.8 Å². The molecule has 218 valence electrons. The summed E-state index contributed by atoms with van der Waals surface area (Å²) < 4.78 is 17.1. The molecule has 0 aliphatic carbocycles. The molecular weight excluding hydrogens is 599 g/mol. The van der Waals surface area contributed by atoms with Crippen molar-refractivity contribution in [1.29, 1.82) is 0 Å². The number of allylic oxidation sites excluding steroid dienone is 1. The smallest absolute Gasteiger partial charge is 0.294 e. The van der Waals surface area contributed by atoms with Crippen LogP contribution < -0.4 is 19.5 Å². The predicted molar refractivity (Wildman–Crippen MR) is 167 cm³/mol. The summed E-state index contributed by atoms with van der Waals surface area (Å²) in [5, 5.41) is 3.04. The molecule has 0 unspecified atom stereocenters. The Hall–Kier alpha value is -3.92. The van der Waals surface area contributed by atoms with Crippen LogP contribution >= 0.6 is 35.0 Å². The largest absolute Gasteiger partial charge is 0.494 e. The van der Waals surface area contributed by atoms with Crippen molar-refractivity contribution in [2.45, 2.75) is 20.0 Å². The molecule has 4 rings (SSSR count). The number of imide groups is 1. The summed E-state index contributed by atoms with van der Waals surface area (Å²) in [5.74, 6) is 0.567. The Morgan fingerprint density at radius 3 is 2.48 bits per heavy atom. The number of amides is 3. The van der Waals surface area contributed by atoms with Crippen LogP contribution in [-0.2, 0) is 22.6 Å². The molecule has 0 saturated carbocycles. The molecule has 11 heteroatoms. The summed E-state index contributed by atoms with van der Waals surface area (Å²) in [6, 6.07) is 15.6. The molecular formula is C31H28Cl2N2O6S. The molecule has 1 heterocycles.